The molecule has 0 aromatic heterocycles. The van der Waals surface area contributed by atoms with Crippen molar-refractivity contribution in [1.82, 2.24) is 5.01 Å². The third kappa shape index (κ3) is 2.87. The Morgan fingerprint density at radius 1 is 1.26 bits per heavy atom. The Balaban J connectivity index is 1.62. The zero-order chi connectivity index (χ0) is 24.6. The normalized spacial score (nSPS) is 40.4. The summed E-state index contributed by atoms with van der Waals surface area (Å²) in [7, 11) is 0. The van der Waals surface area contributed by atoms with Gasteiger partial charge in [-0.25, -0.2) is 5.84 Å². The van der Waals surface area contributed by atoms with Crippen LogP contribution in [0.5, 0.6) is 0 Å². The van der Waals surface area contributed by atoms with Crippen molar-refractivity contribution in [2.45, 2.75) is 51.4 Å². The van der Waals surface area contributed by atoms with Crippen LogP contribution in [0.4, 0.5) is 0 Å². The molecule has 0 saturated heterocycles. The fourth-order valence-corrected chi connectivity index (χ4v) is 7.45. The molecule has 1 spiro atoms. The number of aliphatic hydroxyl groups is 3. The van der Waals surface area contributed by atoms with E-state index in [9.17, 15) is 20.1 Å². The van der Waals surface area contributed by atoms with Crippen molar-refractivity contribution in [2.75, 3.05) is 6.61 Å². The first kappa shape index (κ1) is 23.3. The van der Waals surface area contributed by atoms with Gasteiger partial charge in [-0.2, -0.15) is 0 Å². The Labute approximate surface area is 200 Å². The van der Waals surface area contributed by atoms with Gasteiger partial charge in [-0.3, -0.25) is 4.79 Å². The summed E-state index contributed by atoms with van der Waals surface area (Å²) in [6, 6.07) is 8.43. The maximum absolute atomic E-state index is 14.2. The number of fused-ring (bicyclic) bond motifs is 3. The summed E-state index contributed by atoms with van der Waals surface area (Å²) in [6.07, 6.45) is 4.83. The second-order valence-electron chi connectivity index (χ2n) is 11.2. The monoisotopic (exact) mass is 465 g/mol. The molecule has 2 fully saturated rings. The molecule has 4 aliphatic carbocycles. The van der Waals surface area contributed by atoms with E-state index in [0.717, 1.165) is 12.0 Å². The number of hydrogen-bond donors (Lipinski definition) is 5. The standard InChI is InChI=1S/C27H35N3O4/c1-15-12-26-10-9-19-21(25(19,2)3)18(24(26)33)11-17(14-31)23(32)27(26,34)22(15)30(29)13-20(28)16-7-5-4-6-8-16/h4-8,11-13,18-19,21-23,31-32,34H,9-10,14,28-29H2,1-3H3/b20-13-. The van der Waals surface area contributed by atoms with E-state index in [2.05, 4.69) is 13.8 Å². The first-order chi connectivity index (χ1) is 16.0. The minimum atomic E-state index is -1.94. The lowest BCUT2D eigenvalue weighted by atomic mass is 9.63. The fraction of sp³-hybridized carbons (Fsp3) is 0.519. The van der Waals surface area contributed by atoms with Gasteiger partial charge in [-0.1, -0.05) is 56.3 Å². The summed E-state index contributed by atoms with van der Waals surface area (Å²) in [4.78, 5) is 14.2. The highest BCUT2D eigenvalue weighted by Crippen LogP contribution is 2.70. The molecule has 0 radical (unpaired) electrons. The van der Waals surface area contributed by atoms with Crippen molar-refractivity contribution in [3.8, 4) is 0 Å². The molecule has 2 saturated carbocycles. The van der Waals surface area contributed by atoms with Crippen LogP contribution in [0.15, 0.2) is 59.8 Å². The van der Waals surface area contributed by atoms with Gasteiger partial charge in [0.15, 0.2) is 5.78 Å². The lowest BCUT2D eigenvalue weighted by Gasteiger charge is -2.48. The maximum atomic E-state index is 14.2. The van der Waals surface area contributed by atoms with Crippen LogP contribution < -0.4 is 11.6 Å². The summed E-state index contributed by atoms with van der Waals surface area (Å²) >= 11 is 0. The van der Waals surface area contributed by atoms with Crippen molar-refractivity contribution >= 4 is 11.5 Å². The summed E-state index contributed by atoms with van der Waals surface area (Å²) < 4.78 is 0. The van der Waals surface area contributed by atoms with Crippen molar-refractivity contribution in [1.29, 1.82) is 0 Å². The smallest absolute Gasteiger partial charge is 0.153 e. The number of benzene rings is 1. The minimum Gasteiger partial charge on any atom is -0.397 e. The van der Waals surface area contributed by atoms with Crippen molar-refractivity contribution in [3.05, 3.63) is 65.4 Å². The maximum Gasteiger partial charge on any atom is 0.153 e. The average Bonchev–Trinajstić information content (AvgIpc) is 3.31. The molecule has 7 heteroatoms. The number of nitrogens with two attached hydrogens (primary N) is 2. The number of rotatable bonds is 4. The highest BCUT2D eigenvalue weighted by Gasteiger charge is 2.74. The molecule has 7 unspecified atom stereocenters. The van der Waals surface area contributed by atoms with E-state index in [1.807, 2.05) is 43.3 Å². The predicted octanol–water partition coefficient (Wildman–Crippen LogP) is 1.71. The Morgan fingerprint density at radius 2 is 1.94 bits per heavy atom. The zero-order valence-corrected chi connectivity index (χ0v) is 20.0. The van der Waals surface area contributed by atoms with E-state index in [1.54, 1.807) is 6.08 Å². The van der Waals surface area contributed by atoms with Crippen LogP contribution in [0.25, 0.3) is 5.70 Å². The number of allylic oxidation sites excluding steroid dienone is 1. The zero-order valence-electron chi connectivity index (χ0n) is 20.0. The van der Waals surface area contributed by atoms with E-state index in [1.165, 1.54) is 11.2 Å². The molecule has 7 nitrogen and oxygen atoms in total. The highest BCUT2D eigenvalue weighted by atomic mass is 16.3. The van der Waals surface area contributed by atoms with E-state index in [0.29, 0.717) is 23.6 Å². The van der Waals surface area contributed by atoms with Crippen molar-refractivity contribution in [2.24, 2.45) is 40.2 Å². The second-order valence-corrected chi connectivity index (χ2v) is 11.2. The lowest BCUT2D eigenvalue weighted by molar-refractivity contribution is -0.169. The van der Waals surface area contributed by atoms with Crippen LogP contribution in [0, 0.1) is 28.6 Å². The van der Waals surface area contributed by atoms with Crippen molar-refractivity contribution in [3.63, 3.8) is 0 Å². The first-order valence-electron chi connectivity index (χ1n) is 12.0. The van der Waals surface area contributed by atoms with Gasteiger partial charge in [-0.15, -0.1) is 0 Å². The highest BCUT2D eigenvalue weighted by molar-refractivity contribution is 5.95. The number of ketones is 1. The van der Waals surface area contributed by atoms with Crippen molar-refractivity contribution < 1.29 is 20.1 Å². The SMILES string of the molecule is CC1=CC23CCC4C(C(C=C(CO)C(O)C2(O)C1N(N)/C=C(\N)c1ccccc1)C3=O)C4(C)C. The van der Waals surface area contributed by atoms with Crippen LogP contribution in [-0.2, 0) is 4.79 Å². The predicted molar refractivity (Wildman–Crippen MR) is 129 cm³/mol. The molecule has 0 amide bonds. The second kappa shape index (κ2) is 7.52. The molecular weight excluding hydrogens is 430 g/mol. The number of aliphatic hydroxyl groups excluding tert-OH is 2. The number of carbonyl (C=O) groups is 1. The summed E-state index contributed by atoms with van der Waals surface area (Å²) in [5.74, 6) is 6.43. The Morgan fingerprint density at radius 3 is 2.59 bits per heavy atom. The van der Waals surface area contributed by atoms with Gasteiger partial charge in [0.25, 0.3) is 0 Å². The van der Waals surface area contributed by atoms with E-state index in [4.69, 9.17) is 11.6 Å². The Hall–Kier alpha value is -2.45. The topological polar surface area (TPSA) is 133 Å². The number of hydrazine groups is 1. The van der Waals surface area contributed by atoms with Gasteiger partial charge in [0.2, 0.25) is 0 Å². The van der Waals surface area contributed by atoms with Gasteiger partial charge in [-0.05, 0) is 53.7 Å². The summed E-state index contributed by atoms with van der Waals surface area (Å²) in [6.45, 7) is 5.72. The molecule has 0 aliphatic heterocycles. The van der Waals surface area contributed by atoms with Gasteiger partial charge >= 0.3 is 0 Å². The lowest BCUT2D eigenvalue weighted by Crippen LogP contribution is -2.67. The van der Waals surface area contributed by atoms with Crippen LogP contribution >= 0.6 is 0 Å². The quantitative estimate of drug-likeness (QED) is 0.260. The first-order valence-corrected chi connectivity index (χ1v) is 12.0. The number of Topliss-reactive ketones (excluding diaryl/α,β-unsaturated/α-hetero) is 1. The Kier molecular flexibility index (Phi) is 5.15. The third-order valence-electron chi connectivity index (χ3n) is 9.19. The molecule has 4 aliphatic rings. The van der Waals surface area contributed by atoms with Crippen LogP contribution in [0.3, 0.4) is 0 Å². The summed E-state index contributed by atoms with van der Waals surface area (Å²) in [5, 5.41) is 35.4. The van der Waals surface area contributed by atoms with E-state index < -0.39 is 35.7 Å². The molecule has 7 atom stereocenters. The molecule has 1 aromatic carbocycles. The molecule has 34 heavy (non-hydrogen) atoms. The van der Waals surface area contributed by atoms with E-state index in [-0.39, 0.29) is 22.7 Å². The largest absolute Gasteiger partial charge is 0.397 e. The number of nitrogens with zero attached hydrogens (tertiary/aromatic N) is 1. The third-order valence-corrected chi connectivity index (χ3v) is 9.19. The van der Waals surface area contributed by atoms with Gasteiger partial charge in [0.1, 0.15) is 11.7 Å². The Bertz CT molecular complexity index is 1110. The minimum absolute atomic E-state index is 0.00987. The number of hydrogen-bond acceptors (Lipinski definition) is 7. The van der Waals surface area contributed by atoms with Gasteiger partial charge in [0, 0.05) is 12.1 Å². The van der Waals surface area contributed by atoms with Crippen LogP contribution in [0.1, 0.15) is 39.2 Å². The van der Waals surface area contributed by atoms with Crippen LogP contribution in [-0.4, -0.2) is 50.5 Å². The molecular formula is C27H35N3O4. The molecule has 2 bridgehead atoms. The fourth-order valence-electron chi connectivity index (χ4n) is 7.45. The average molecular weight is 466 g/mol. The van der Waals surface area contributed by atoms with Gasteiger partial charge < -0.3 is 26.1 Å². The van der Waals surface area contributed by atoms with Gasteiger partial charge in [0.05, 0.1) is 23.8 Å². The molecule has 0 heterocycles. The van der Waals surface area contributed by atoms with Crippen LogP contribution in [0.2, 0.25) is 0 Å². The molecule has 182 valence electrons. The molecule has 7 N–H and O–H groups in total. The summed E-state index contributed by atoms with van der Waals surface area (Å²) in [5.41, 5.74) is 5.20. The van der Waals surface area contributed by atoms with E-state index >= 15 is 0 Å². The number of carbonyl (C=O) groups excluding carboxylic acids is 1. The molecule has 5 rings (SSSR count). The molecule has 1 aromatic rings.